The molecule has 5 rings (SSSR count). The van der Waals surface area contributed by atoms with Gasteiger partial charge in [0.25, 0.3) is 5.89 Å². The molecule has 156 valence electrons. The first-order valence-corrected chi connectivity index (χ1v) is 11.6. The summed E-state index contributed by atoms with van der Waals surface area (Å²) in [6.45, 7) is 3.76. The van der Waals surface area contributed by atoms with Gasteiger partial charge in [0.2, 0.25) is 15.9 Å². The molecule has 0 N–H and O–H groups in total. The van der Waals surface area contributed by atoms with Gasteiger partial charge >= 0.3 is 0 Å². The minimum Gasteiger partial charge on any atom is -0.420 e. The SMILES string of the molecule is Cc1cccc(S(=O)(=O)N2CCN(c3ncccc3-c3nnc(C4CC4)o3)CC2)c1. The molecule has 1 aliphatic heterocycles. The predicted octanol–water partition coefficient (Wildman–Crippen LogP) is 2.83. The zero-order valence-electron chi connectivity index (χ0n) is 16.7. The van der Waals surface area contributed by atoms with Gasteiger partial charge in [-0.25, -0.2) is 13.4 Å². The van der Waals surface area contributed by atoms with Crippen molar-refractivity contribution < 1.29 is 12.8 Å². The number of benzene rings is 1. The number of rotatable bonds is 5. The molecule has 9 heteroatoms. The molecular weight excluding hydrogens is 402 g/mol. The Hall–Kier alpha value is -2.78. The van der Waals surface area contributed by atoms with Crippen LogP contribution in [-0.2, 0) is 10.0 Å². The van der Waals surface area contributed by atoms with E-state index in [1.807, 2.05) is 25.1 Å². The lowest BCUT2D eigenvalue weighted by molar-refractivity contribution is 0.383. The molecule has 2 fully saturated rings. The fourth-order valence-corrected chi connectivity index (χ4v) is 5.25. The minimum absolute atomic E-state index is 0.341. The van der Waals surface area contributed by atoms with Crippen LogP contribution in [0.5, 0.6) is 0 Å². The van der Waals surface area contributed by atoms with Gasteiger partial charge in [-0.3, -0.25) is 0 Å². The van der Waals surface area contributed by atoms with Gasteiger partial charge in [-0.1, -0.05) is 12.1 Å². The van der Waals surface area contributed by atoms with Crippen molar-refractivity contribution >= 4 is 15.8 Å². The summed E-state index contributed by atoms with van der Waals surface area (Å²) in [6, 6.07) is 10.8. The van der Waals surface area contributed by atoms with Crippen molar-refractivity contribution in [2.24, 2.45) is 0 Å². The lowest BCUT2D eigenvalue weighted by Crippen LogP contribution is -2.49. The molecule has 30 heavy (non-hydrogen) atoms. The van der Waals surface area contributed by atoms with Gasteiger partial charge in [0.1, 0.15) is 5.82 Å². The Morgan fingerprint density at radius 1 is 1.03 bits per heavy atom. The molecule has 1 saturated carbocycles. The lowest BCUT2D eigenvalue weighted by Gasteiger charge is -2.35. The van der Waals surface area contributed by atoms with Crippen LogP contribution in [0.3, 0.4) is 0 Å². The molecule has 0 amide bonds. The minimum atomic E-state index is -3.51. The summed E-state index contributed by atoms with van der Waals surface area (Å²) < 4.78 is 33.4. The van der Waals surface area contributed by atoms with Gasteiger partial charge in [0.15, 0.2) is 0 Å². The van der Waals surface area contributed by atoms with Crippen LogP contribution in [0.4, 0.5) is 5.82 Å². The lowest BCUT2D eigenvalue weighted by atomic mass is 10.2. The largest absolute Gasteiger partial charge is 0.420 e. The number of hydrogen-bond donors (Lipinski definition) is 0. The number of aryl methyl sites for hydroxylation is 1. The summed E-state index contributed by atoms with van der Waals surface area (Å²) >= 11 is 0. The molecule has 0 bridgehead atoms. The van der Waals surface area contributed by atoms with E-state index < -0.39 is 10.0 Å². The van der Waals surface area contributed by atoms with Gasteiger partial charge in [-0.2, -0.15) is 4.31 Å². The molecule has 8 nitrogen and oxygen atoms in total. The molecule has 1 saturated heterocycles. The van der Waals surface area contributed by atoms with Crippen molar-refractivity contribution in [3.63, 3.8) is 0 Å². The molecule has 3 heterocycles. The molecule has 2 aliphatic rings. The average molecular weight is 426 g/mol. The van der Waals surface area contributed by atoms with Crippen LogP contribution in [0, 0.1) is 6.92 Å². The number of nitrogens with zero attached hydrogens (tertiary/aromatic N) is 5. The second kappa shape index (κ2) is 7.48. The van der Waals surface area contributed by atoms with Crippen molar-refractivity contribution in [3.8, 4) is 11.5 Å². The summed E-state index contributed by atoms with van der Waals surface area (Å²) in [7, 11) is -3.51. The third-order valence-corrected chi connectivity index (χ3v) is 7.44. The van der Waals surface area contributed by atoms with E-state index in [0.717, 1.165) is 29.8 Å². The maximum atomic E-state index is 13.0. The zero-order chi connectivity index (χ0) is 20.7. The van der Waals surface area contributed by atoms with Gasteiger partial charge in [-0.15, -0.1) is 10.2 Å². The zero-order valence-corrected chi connectivity index (χ0v) is 17.5. The van der Waals surface area contributed by atoms with Gasteiger partial charge in [-0.05, 0) is 49.6 Å². The first-order chi connectivity index (χ1) is 14.5. The quantitative estimate of drug-likeness (QED) is 0.621. The highest BCUT2D eigenvalue weighted by atomic mass is 32.2. The molecule has 1 aromatic carbocycles. The van der Waals surface area contributed by atoms with Crippen LogP contribution in [-0.4, -0.2) is 54.1 Å². The normalized spacial score (nSPS) is 18.0. The van der Waals surface area contributed by atoms with Crippen LogP contribution in [0.15, 0.2) is 51.9 Å². The number of anilines is 1. The second-order valence-electron chi connectivity index (χ2n) is 7.80. The van der Waals surface area contributed by atoms with E-state index in [1.54, 1.807) is 28.7 Å². The van der Waals surface area contributed by atoms with Crippen LogP contribution in [0.2, 0.25) is 0 Å². The first kappa shape index (κ1) is 19.2. The third-order valence-electron chi connectivity index (χ3n) is 5.55. The molecule has 2 aromatic heterocycles. The molecule has 3 aromatic rings. The van der Waals surface area contributed by atoms with Crippen LogP contribution in [0.25, 0.3) is 11.5 Å². The van der Waals surface area contributed by atoms with Crippen molar-refractivity contribution in [1.29, 1.82) is 0 Å². The predicted molar refractivity (Wildman–Crippen MR) is 112 cm³/mol. The second-order valence-corrected chi connectivity index (χ2v) is 9.74. The smallest absolute Gasteiger partial charge is 0.251 e. The summed E-state index contributed by atoms with van der Waals surface area (Å²) in [4.78, 5) is 6.96. The van der Waals surface area contributed by atoms with Crippen LogP contribution >= 0.6 is 0 Å². The molecule has 0 atom stereocenters. The number of piperazine rings is 1. The Morgan fingerprint density at radius 2 is 1.83 bits per heavy atom. The maximum absolute atomic E-state index is 13.0. The fourth-order valence-electron chi connectivity index (χ4n) is 3.72. The number of pyridine rings is 1. The van der Waals surface area contributed by atoms with Gasteiger partial charge in [0.05, 0.1) is 10.5 Å². The summed E-state index contributed by atoms with van der Waals surface area (Å²) in [5, 5.41) is 8.39. The molecular formula is C21H23N5O3S. The topological polar surface area (TPSA) is 92.4 Å². The summed E-state index contributed by atoms with van der Waals surface area (Å²) in [5.41, 5.74) is 1.71. The number of sulfonamides is 1. The van der Waals surface area contributed by atoms with Crippen molar-refractivity contribution in [2.45, 2.75) is 30.6 Å². The van der Waals surface area contributed by atoms with Crippen molar-refractivity contribution in [1.82, 2.24) is 19.5 Å². The Balaban J connectivity index is 1.35. The standard InChI is InChI=1S/C21H23N5O3S/c1-15-4-2-5-17(14-15)30(27,28)26-12-10-25(11-13-26)19-18(6-3-9-22-19)21-24-23-20(29-21)16-7-8-16/h2-6,9,14,16H,7-8,10-13H2,1H3. The Kier molecular flexibility index (Phi) is 4.79. The third kappa shape index (κ3) is 3.59. The van der Waals surface area contributed by atoms with E-state index in [1.165, 1.54) is 0 Å². The van der Waals surface area contributed by atoms with E-state index in [9.17, 15) is 8.42 Å². The molecule has 0 radical (unpaired) electrons. The van der Waals surface area contributed by atoms with Crippen LogP contribution < -0.4 is 4.90 Å². The highest BCUT2D eigenvalue weighted by molar-refractivity contribution is 7.89. The summed E-state index contributed by atoms with van der Waals surface area (Å²) in [5.74, 6) is 2.29. The van der Waals surface area contributed by atoms with E-state index in [0.29, 0.717) is 48.8 Å². The average Bonchev–Trinajstić information content (AvgIpc) is 3.50. The Labute approximate surface area is 175 Å². The fraction of sp³-hybridized carbons (Fsp3) is 0.381. The number of aromatic nitrogens is 3. The Bertz CT molecular complexity index is 1160. The van der Waals surface area contributed by atoms with Crippen LogP contribution in [0.1, 0.15) is 30.2 Å². The van der Waals surface area contributed by atoms with Gasteiger partial charge in [0, 0.05) is 38.3 Å². The van der Waals surface area contributed by atoms with E-state index in [-0.39, 0.29) is 0 Å². The molecule has 1 aliphatic carbocycles. The van der Waals surface area contributed by atoms with Crippen molar-refractivity contribution in [3.05, 3.63) is 54.0 Å². The first-order valence-electron chi connectivity index (χ1n) is 10.1. The monoisotopic (exact) mass is 425 g/mol. The summed E-state index contributed by atoms with van der Waals surface area (Å²) in [6.07, 6.45) is 3.92. The number of hydrogen-bond acceptors (Lipinski definition) is 7. The van der Waals surface area contributed by atoms with Crippen molar-refractivity contribution in [2.75, 3.05) is 31.1 Å². The van der Waals surface area contributed by atoms with E-state index in [2.05, 4.69) is 20.1 Å². The molecule has 0 unspecified atom stereocenters. The van der Waals surface area contributed by atoms with E-state index >= 15 is 0 Å². The highest BCUT2D eigenvalue weighted by Crippen LogP contribution is 2.40. The highest BCUT2D eigenvalue weighted by Gasteiger charge is 2.32. The Morgan fingerprint density at radius 3 is 2.57 bits per heavy atom. The van der Waals surface area contributed by atoms with Gasteiger partial charge < -0.3 is 9.32 Å². The maximum Gasteiger partial charge on any atom is 0.251 e. The molecule has 0 spiro atoms. The van der Waals surface area contributed by atoms with E-state index in [4.69, 9.17) is 4.42 Å².